The van der Waals surface area contributed by atoms with Crippen LogP contribution in [0.4, 0.5) is 26.3 Å². The Balaban J connectivity index is 1.53. The number of hydrogen-bond donors (Lipinski definition) is 2. The highest BCUT2D eigenvalue weighted by molar-refractivity contribution is 7.98. The number of rotatable bonds is 8. The van der Waals surface area contributed by atoms with Crippen LogP contribution in [0.5, 0.6) is 0 Å². The average Bonchev–Trinajstić information content (AvgIpc) is 3.48. The van der Waals surface area contributed by atoms with E-state index in [1.807, 2.05) is 0 Å². The largest absolute Gasteiger partial charge is 0.433 e. The molecule has 2 amide bonds. The lowest BCUT2D eigenvalue weighted by Crippen LogP contribution is -2.35. The van der Waals surface area contributed by atoms with E-state index in [2.05, 4.69) is 15.4 Å². The lowest BCUT2D eigenvalue weighted by molar-refractivity contribution is -0.145. The maximum atomic E-state index is 14.2. The normalized spacial score (nSPS) is 13.6. The molecule has 3 N–H and O–H groups in total. The van der Waals surface area contributed by atoms with E-state index in [1.54, 1.807) is 6.07 Å². The molecule has 2 aromatic heterocycles. The highest BCUT2D eigenvalue weighted by atomic mass is 32.2. The number of pyridine rings is 1. The van der Waals surface area contributed by atoms with E-state index >= 15 is 0 Å². The number of nitrogens with one attached hydrogen (secondary N) is 1. The Morgan fingerprint density at radius 3 is 2.48 bits per heavy atom. The molecule has 0 radical (unpaired) electrons. The van der Waals surface area contributed by atoms with E-state index in [0.717, 1.165) is 18.2 Å². The summed E-state index contributed by atoms with van der Waals surface area (Å²) in [7, 11) is 0. The lowest BCUT2D eigenvalue weighted by atomic mass is 9.94. The number of halogens is 6. The highest BCUT2D eigenvalue weighted by Gasteiger charge is 2.41. The monoisotopic (exact) mass is 605 g/mol. The number of nitrogens with zero attached hydrogens (tertiary/aromatic N) is 3. The molecule has 5 rings (SSSR count). The molecular weight excluding hydrogens is 584 g/mol. The van der Waals surface area contributed by atoms with Gasteiger partial charge in [-0.3, -0.25) is 19.3 Å². The number of alkyl halides is 3. The van der Waals surface area contributed by atoms with Crippen LogP contribution in [0, 0.1) is 17.5 Å². The smallest absolute Gasteiger partial charge is 0.366 e. The van der Waals surface area contributed by atoms with Crippen LogP contribution in [0.25, 0.3) is 11.1 Å². The van der Waals surface area contributed by atoms with Gasteiger partial charge in [-0.25, -0.2) is 13.2 Å². The zero-order chi connectivity index (χ0) is 30.2. The maximum absolute atomic E-state index is 14.2. The Labute approximate surface area is 239 Å². The Hall–Kier alpha value is -4.33. The van der Waals surface area contributed by atoms with Gasteiger partial charge in [0.1, 0.15) is 29.7 Å². The molecule has 1 aliphatic rings. The Kier molecular flexibility index (Phi) is 7.99. The van der Waals surface area contributed by atoms with Crippen LogP contribution in [-0.4, -0.2) is 26.6 Å². The molecule has 1 unspecified atom stereocenters. The first kappa shape index (κ1) is 29.2. The first-order chi connectivity index (χ1) is 19.9. The van der Waals surface area contributed by atoms with Gasteiger partial charge in [0.05, 0.1) is 23.0 Å². The van der Waals surface area contributed by atoms with Gasteiger partial charge in [-0.2, -0.15) is 30.0 Å². The molecule has 3 heterocycles. The lowest BCUT2D eigenvalue weighted by Gasteiger charge is -2.22. The summed E-state index contributed by atoms with van der Waals surface area (Å²) in [6.45, 7) is -0.787. The van der Waals surface area contributed by atoms with E-state index in [-0.39, 0.29) is 40.4 Å². The standard InChI is InChI=1S/C28H21F6N5O2S/c29-16-6-14(7-17(30)10-16)8-22(25-18(2-1-5-36-25)15-3-4-21(31)19(9-15)27(35)41)37-24(40)11-39-26(28(32,33)34)20-12-42-13-23(20)38-39/h1-7,9-10,22H,8,11-13H2,(H2,35,41)(H,37,40). The van der Waals surface area contributed by atoms with Crippen LogP contribution in [-0.2, 0) is 35.4 Å². The average molecular weight is 606 g/mol. The topological polar surface area (TPSA) is 103 Å². The molecular formula is C28H21F6N5O2S. The van der Waals surface area contributed by atoms with Crippen molar-refractivity contribution < 1.29 is 35.9 Å². The first-order valence-corrected chi connectivity index (χ1v) is 13.6. The number of amides is 2. The van der Waals surface area contributed by atoms with Gasteiger partial charge in [-0.05, 0) is 47.9 Å². The predicted octanol–water partition coefficient (Wildman–Crippen LogP) is 5.33. The second-order valence-electron chi connectivity index (χ2n) is 9.52. The zero-order valence-corrected chi connectivity index (χ0v) is 22.3. The fourth-order valence-electron chi connectivity index (χ4n) is 4.88. The molecule has 2 aromatic carbocycles. The Morgan fingerprint density at radius 2 is 1.79 bits per heavy atom. The summed E-state index contributed by atoms with van der Waals surface area (Å²) in [5, 5.41) is 6.63. The van der Waals surface area contributed by atoms with Crippen molar-refractivity contribution in [3.05, 3.63) is 106 Å². The van der Waals surface area contributed by atoms with Crippen LogP contribution in [0.3, 0.4) is 0 Å². The molecule has 0 spiro atoms. The number of benzene rings is 2. The van der Waals surface area contributed by atoms with Gasteiger partial charge >= 0.3 is 6.18 Å². The summed E-state index contributed by atoms with van der Waals surface area (Å²) in [5.41, 5.74) is 5.03. The number of carbonyl (C=O) groups excluding carboxylic acids is 2. The molecule has 218 valence electrons. The van der Waals surface area contributed by atoms with Crippen LogP contribution >= 0.6 is 11.8 Å². The molecule has 0 saturated heterocycles. The molecule has 4 aromatic rings. The molecule has 42 heavy (non-hydrogen) atoms. The van der Waals surface area contributed by atoms with Crippen LogP contribution in [0.1, 0.15) is 44.6 Å². The molecule has 0 aliphatic carbocycles. The third-order valence-corrected chi connectivity index (χ3v) is 7.56. The van der Waals surface area contributed by atoms with Crippen molar-refractivity contribution in [1.29, 1.82) is 0 Å². The van der Waals surface area contributed by atoms with Gasteiger partial charge in [0.25, 0.3) is 5.91 Å². The summed E-state index contributed by atoms with van der Waals surface area (Å²) in [6, 6.07) is 8.30. The van der Waals surface area contributed by atoms with Crippen molar-refractivity contribution in [3.63, 3.8) is 0 Å². The fraction of sp³-hybridized carbons (Fsp3) is 0.214. The van der Waals surface area contributed by atoms with E-state index in [1.165, 1.54) is 36.2 Å². The minimum absolute atomic E-state index is 0.0284. The van der Waals surface area contributed by atoms with Crippen LogP contribution in [0.2, 0.25) is 0 Å². The highest BCUT2D eigenvalue weighted by Crippen LogP contribution is 2.40. The van der Waals surface area contributed by atoms with E-state index in [9.17, 15) is 35.9 Å². The minimum Gasteiger partial charge on any atom is -0.366 e. The molecule has 7 nitrogen and oxygen atoms in total. The van der Waals surface area contributed by atoms with Gasteiger partial charge in [-0.15, -0.1) is 0 Å². The second kappa shape index (κ2) is 11.5. The number of hydrogen-bond acceptors (Lipinski definition) is 5. The number of carbonyl (C=O) groups is 2. The van der Waals surface area contributed by atoms with Gasteiger partial charge in [0.15, 0.2) is 0 Å². The Bertz CT molecular complexity index is 1670. The van der Waals surface area contributed by atoms with Crippen molar-refractivity contribution in [2.24, 2.45) is 5.73 Å². The molecule has 0 fully saturated rings. The summed E-state index contributed by atoms with van der Waals surface area (Å²) in [6.07, 6.45) is -3.59. The summed E-state index contributed by atoms with van der Waals surface area (Å²) in [5.74, 6) is -4.11. The first-order valence-electron chi connectivity index (χ1n) is 12.4. The molecule has 1 atom stereocenters. The number of primary amides is 1. The SMILES string of the molecule is NC(=O)c1cc(-c2cccnc2C(Cc2cc(F)cc(F)c2)NC(=O)Cn2nc3c(c2C(F)(F)F)CSC3)ccc1F. The Morgan fingerprint density at radius 1 is 1.05 bits per heavy atom. The number of aromatic nitrogens is 3. The fourth-order valence-corrected chi connectivity index (χ4v) is 5.91. The van der Waals surface area contributed by atoms with Crippen molar-refractivity contribution in [1.82, 2.24) is 20.1 Å². The minimum atomic E-state index is -4.75. The second-order valence-corrected chi connectivity index (χ2v) is 10.5. The van der Waals surface area contributed by atoms with Crippen LogP contribution < -0.4 is 11.1 Å². The van der Waals surface area contributed by atoms with Gasteiger partial charge in [0, 0.05) is 34.9 Å². The van der Waals surface area contributed by atoms with Crippen molar-refractivity contribution in [3.8, 4) is 11.1 Å². The number of fused-ring (bicyclic) bond motifs is 1. The van der Waals surface area contributed by atoms with Crippen molar-refractivity contribution >= 4 is 23.6 Å². The van der Waals surface area contributed by atoms with E-state index in [4.69, 9.17) is 5.73 Å². The van der Waals surface area contributed by atoms with Gasteiger partial charge in [0.2, 0.25) is 5.91 Å². The number of thioether (sulfide) groups is 1. The summed E-state index contributed by atoms with van der Waals surface area (Å²) >= 11 is 1.28. The molecule has 14 heteroatoms. The van der Waals surface area contributed by atoms with Gasteiger partial charge < -0.3 is 11.1 Å². The quantitative estimate of drug-likeness (QED) is 0.265. The van der Waals surface area contributed by atoms with Crippen molar-refractivity contribution in [2.75, 3.05) is 0 Å². The van der Waals surface area contributed by atoms with E-state index in [0.29, 0.717) is 21.9 Å². The molecule has 1 aliphatic heterocycles. The third-order valence-electron chi connectivity index (χ3n) is 6.59. The molecule has 0 bridgehead atoms. The third kappa shape index (κ3) is 6.12. The summed E-state index contributed by atoms with van der Waals surface area (Å²) in [4.78, 5) is 29.3. The predicted molar refractivity (Wildman–Crippen MR) is 141 cm³/mol. The van der Waals surface area contributed by atoms with Gasteiger partial charge in [-0.1, -0.05) is 12.1 Å². The maximum Gasteiger partial charge on any atom is 0.433 e. The number of nitrogens with two attached hydrogens (primary N) is 1. The van der Waals surface area contributed by atoms with E-state index < -0.39 is 59.3 Å². The van der Waals surface area contributed by atoms with Crippen molar-refractivity contribution in [2.45, 2.75) is 36.7 Å². The summed E-state index contributed by atoms with van der Waals surface area (Å²) < 4.78 is 84.5. The molecule has 0 saturated carbocycles. The zero-order valence-electron chi connectivity index (χ0n) is 21.5. The van der Waals surface area contributed by atoms with Crippen LogP contribution in [0.15, 0.2) is 54.7 Å².